The number of benzene rings is 1. The Labute approximate surface area is 155 Å². The van der Waals surface area contributed by atoms with Crippen LogP contribution in [0.3, 0.4) is 0 Å². The van der Waals surface area contributed by atoms with Gasteiger partial charge in [-0.1, -0.05) is 25.5 Å². The zero-order valence-corrected chi connectivity index (χ0v) is 15.5. The molecule has 7 nitrogen and oxygen atoms in total. The topological polar surface area (TPSA) is 73.9 Å². The summed E-state index contributed by atoms with van der Waals surface area (Å²) >= 11 is 0. The average molecular weight is 353 g/mol. The van der Waals surface area contributed by atoms with Gasteiger partial charge in [-0.2, -0.15) is 5.26 Å². The van der Waals surface area contributed by atoms with Crippen LogP contribution in [0.15, 0.2) is 24.3 Å². The molecule has 0 unspecified atom stereocenters. The number of hydrogen-bond donors (Lipinski definition) is 0. The summed E-state index contributed by atoms with van der Waals surface area (Å²) in [5.74, 6) is 0.971. The summed E-state index contributed by atoms with van der Waals surface area (Å²) in [7, 11) is 0. The Balaban J connectivity index is 1.51. The Morgan fingerprint density at radius 2 is 1.77 bits per heavy atom. The molecule has 2 aromatic rings. The van der Waals surface area contributed by atoms with Crippen molar-refractivity contribution in [3.63, 3.8) is 0 Å². The number of hydrogen-bond acceptors (Lipinski definition) is 6. The third-order valence-electron chi connectivity index (χ3n) is 4.86. The summed E-state index contributed by atoms with van der Waals surface area (Å²) in [6.07, 6.45) is 3.40. The molecule has 0 aliphatic carbocycles. The summed E-state index contributed by atoms with van der Waals surface area (Å²) in [5, 5.41) is 21.1. The fourth-order valence-electron chi connectivity index (χ4n) is 3.30. The first-order valence-electron chi connectivity index (χ1n) is 9.47. The van der Waals surface area contributed by atoms with Crippen molar-refractivity contribution in [3.8, 4) is 6.07 Å². The van der Waals surface area contributed by atoms with Gasteiger partial charge in [0.05, 0.1) is 18.2 Å². The van der Waals surface area contributed by atoms with Crippen molar-refractivity contribution < 1.29 is 0 Å². The fraction of sp³-hybridized carbons (Fsp3) is 0.579. The van der Waals surface area contributed by atoms with E-state index < -0.39 is 0 Å². The maximum atomic E-state index is 8.91. The lowest BCUT2D eigenvalue weighted by atomic mass is 10.1. The van der Waals surface area contributed by atoms with Crippen molar-refractivity contribution in [1.29, 1.82) is 5.26 Å². The standard InChI is InChI=1S/C19H27N7/c1-2-3-11-26-19(21-22-23-26)16-25-10-4-9-24(12-13-25)15-18-7-5-17(14-20)6-8-18/h5-8H,2-4,9-13,15-16H2,1H3. The molecule has 1 fully saturated rings. The molecule has 0 spiro atoms. The highest BCUT2D eigenvalue weighted by Crippen LogP contribution is 2.12. The molecule has 0 amide bonds. The van der Waals surface area contributed by atoms with Crippen molar-refractivity contribution in [2.45, 2.75) is 45.8 Å². The molecule has 3 rings (SSSR count). The second-order valence-electron chi connectivity index (χ2n) is 6.89. The summed E-state index contributed by atoms with van der Waals surface area (Å²) in [5.41, 5.74) is 1.98. The SMILES string of the molecule is CCCCn1nnnc1CN1CCCN(Cc2ccc(C#N)cc2)CC1. The molecule has 0 N–H and O–H groups in total. The lowest BCUT2D eigenvalue weighted by Gasteiger charge is -2.21. The minimum atomic E-state index is 0.719. The van der Waals surface area contributed by atoms with Gasteiger partial charge in [-0.05, 0) is 54.1 Å². The molecule has 0 bridgehead atoms. The average Bonchev–Trinajstić information content (AvgIpc) is 2.99. The smallest absolute Gasteiger partial charge is 0.165 e. The second-order valence-corrected chi connectivity index (χ2v) is 6.89. The van der Waals surface area contributed by atoms with E-state index in [1.807, 2.05) is 16.8 Å². The van der Waals surface area contributed by atoms with Crippen LogP contribution in [0.25, 0.3) is 0 Å². The van der Waals surface area contributed by atoms with Crippen LogP contribution < -0.4 is 0 Å². The highest BCUT2D eigenvalue weighted by atomic mass is 15.5. The molecule has 26 heavy (non-hydrogen) atoms. The van der Waals surface area contributed by atoms with E-state index in [1.165, 1.54) is 5.56 Å². The molecule has 1 saturated heterocycles. The molecular formula is C19H27N7. The number of aromatic nitrogens is 4. The molecule has 1 aliphatic heterocycles. The van der Waals surface area contributed by atoms with Gasteiger partial charge in [0.2, 0.25) is 0 Å². The highest BCUT2D eigenvalue weighted by Gasteiger charge is 2.17. The first-order chi connectivity index (χ1) is 12.8. The maximum absolute atomic E-state index is 8.91. The van der Waals surface area contributed by atoms with E-state index in [1.54, 1.807) is 0 Å². The summed E-state index contributed by atoms with van der Waals surface area (Å²) in [6.45, 7) is 9.07. The van der Waals surface area contributed by atoms with Gasteiger partial charge in [-0.3, -0.25) is 9.80 Å². The van der Waals surface area contributed by atoms with E-state index in [9.17, 15) is 0 Å². The van der Waals surface area contributed by atoms with E-state index in [0.717, 1.165) is 76.5 Å². The molecule has 1 aromatic carbocycles. The largest absolute Gasteiger partial charge is 0.298 e. The van der Waals surface area contributed by atoms with Crippen molar-refractivity contribution in [1.82, 2.24) is 30.0 Å². The lowest BCUT2D eigenvalue weighted by Crippen LogP contribution is -2.31. The number of nitrogens with zero attached hydrogens (tertiary/aromatic N) is 7. The Hall–Kier alpha value is -2.30. The first-order valence-corrected chi connectivity index (χ1v) is 9.47. The van der Waals surface area contributed by atoms with Gasteiger partial charge in [0.15, 0.2) is 5.82 Å². The number of unbranched alkanes of at least 4 members (excludes halogenated alkanes) is 1. The zero-order valence-electron chi connectivity index (χ0n) is 15.5. The quantitative estimate of drug-likeness (QED) is 0.758. The van der Waals surface area contributed by atoms with E-state index in [2.05, 4.69) is 50.5 Å². The predicted molar refractivity (Wildman–Crippen MR) is 99.1 cm³/mol. The molecule has 1 aliphatic rings. The minimum absolute atomic E-state index is 0.719. The van der Waals surface area contributed by atoms with Crippen LogP contribution in [-0.2, 0) is 19.6 Å². The van der Waals surface area contributed by atoms with E-state index in [4.69, 9.17) is 5.26 Å². The Bertz CT molecular complexity index is 716. The van der Waals surface area contributed by atoms with Gasteiger partial charge in [0.25, 0.3) is 0 Å². The van der Waals surface area contributed by atoms with Gasteiger partial charge >= 0.3 is 0 Å². The molecule has 2 heterocycles. The normalized spacial score (nSPS) is 16.3. The molecule has 0 saturated carbocycles. The van der Waals surface area contributed by atoms with E-state index in [-0.39, 0.29) is 0 Å². The van der Waals surface area contributed by atoms with Crippen LogP contribution in [0.1, 0.15) is 43.1 Å². The van der Waals surface area contributed by atoms with Crippen molar-refractivity contribution in [3.05, 3.63) is 41.2 Å². The molecule has 0 atom stereocenters. The van der Waals surface area contributed by atoms with Crippen molar-refractivity contribution >= 4 is 0 Å². The number of aryl methyl sites for hydroxylation is 1. The van der Waals surface area contributed by atoms with Gasteiger partial charge in [0.1, 0.15) is 0 Å². The number of rotatable bonds is 7. The Kier molecular flexibility index (Phi) is 6.69. The summed E-state index contributed by atoms with van der Waals surface area (Å²) < 4.78 is 1.95. The van der Waals surface area contributed by atoms with Crippen molar-refractivity contribution in [2.24, 2.45) is 0 Å². The molecule has 138 valence electrons. The molecule has 7 heteroatoms. The van der Waals surface area contributed by atoms with Crippen LogP contribution in [0.2, 0.25) is 0 Å². The van der Waals surface area contributed by atoms with Gasteiger partial charge in [0, 0.05) is 26.2 Å². The van der Waals surface area contributed by atoms with Crippen LogP contribution >= 0.6 is 0 Å². The van der Waals surface area contributed by atoms with E-state index >= 15 is 0 Å². The highest BCUT2D eigenvalue weighted by molar-refractivity contribution is 5.31. The fourth-order valence-corrected chi connectivity index (χ4v) is 3.30. The van der Waals surface area contributed by atoms with Crippen LogP contribution in [0.4, 0.5) is 0 Å². The molecule has 0 radical (unpaired) electrons. The van der Waals surface area contributed by atoms with E-state index in [0.29, 0.717) is 0 Å². The van der Waals surface area contributed by atoms with Crippen LogP contribution in [-0.4, -0.2) is 56.2 Å². The number of nitriles is 1. The van der Waals surface area contributed by atoms with Crippen LogP contribution in [0, 0.1) is 11.3 Å². The zero-order chi connectivity index (χ0) is 18.2. The minimum Gasteiger partial charge on any atom is -0.298 e. The summed E-state index contributed by atoms with van der Waals surface area (Å²) in [4.78, 5) is 4.94. The third kappa shape index (κ3) is 5.10. The Morgan fingerprint density at radius 1 is 1.04 bits per heavy atom. The molecular weight excluding hydrogens is 326 g/mol. The third-order valence-corrected chi connectivity index (χ3v) is 4.86. The van der Waals surface area contributed by atoms with Crippen LogP contribution in [0.5, 0.6) is 0 Å². The van der Waals surface area contributed by atoms with Gasteiger partial charge in [-0.15, -0.1) is 5.10 Å². The maximum Gasteiger partial charge on any atom is 0.165 e. The lowest BCUT2D eigenvalue weighted by molar-refractivity contribution is 0.240. The monoisotopic (exact) mass is 353 g/mol. The number of tetrazole rings is 1. The summed E-state index contributed by atoms with van der Waals surface area (Å²) in [6, 6.07) is 10.1. The van der Waals surface area contributed by atoms with Gasteiger partial charge < -0.3 is 0 Å². The van der Waals surface area contributed by atoms with Crippen molar-refractivity contribution in [2.75, 3.05) is 26.2 Å². The first kappa shape index (κ1) is 18.5. The van der Waals surface area contributed by atoms with Gasteiger partial charge in [-0.25, -0.2) is 4.68 Å². The molecule has 1 aromatic heterocycles. The second kappa shape index (κ2) is 9.41. The predicted octanol–water partition coefficient (Wildman–Crippen LogP) is 2.05. The Morgan fingerprint density at radius 3 is 2.46 bits per heavy atom.